The summed E-state index contributed by atoms with van der Waals surface area (Å²) in [6.07, 6.45) is 0.00166. The Labute approximate surface area is 204 Å². The summed E-state index contributed by atoms with van der Waals surface area (Å²) in [6.45, 7) is 7.77. The van der Waals surface area contributed by atoms with Crippen LogP contribution in [0.5, 0.6) is 0 Å². The summed E-state index contributed by atoms with van der Waals surface area (Å²) in [4.78, 5) is 70.7. The summed E-state index contributed by atoms with van der Waals surface area (Å²) in [5.74, 6) is -3.62. The van der Waals surface area contributed by atoms with E-state index in [4.69, 9.17) is 10.5 Å². The summed E-state index contributed by atoms with van der Waals surface area (Å²) in [5, 5.41) is 21.2. The number of rotatable bonds is 14. The molecule has 8 N–H and O–H groups in total. The fraction of sp³-hybridized carbons (Fsp3) is 0.714. The van der Waals surface area contributed by atoms with Crippen LogP contribution in [0, 0.1) is 5.92 Å². The van der Waals surface area contributed by atoms with Crippen molar-refractivity contribution in [3.63, 3.8) is 0 Å². The number of aliphatic carboxylic acids is 1. The van der Waals surface area contributed by atoms with E-state index in [-0.39, 0.29) is 25.3 Å². The van der Waals surface area contributed by atoms with Gasteiger partial charge in [0.05, 0.1) is 6.54 Å². The van der Waals surface area contributed by atoms with Gasteiger partial charge in [0.1, 0.15) is 24.2 Å². The van der Waals surface area contributed by atoms with Crippen LogP contribution < -0.4 is 32.3 Å². The average molecular weight is 503 g/mol. The number of nitrogens with two attached hydrogens (primary N) is 1. The number of carboxylic acid groups (broad SMARTS) is 1. The van der Waals surface area contributed by atoms with Crippen molar-refractivity contribution in [2.24, 2.45) is 11.7 Å². The lowest BCUT2D eigenvalue weighted by atomic mass is 9.97. The van der Waals surface area contributed by atoms with Crippen LogP contribution in [0.15, 0.2) is 0 Å². The summed E-state index contributed by atoms with van der Waals surface area (Å²) in [7, 11) is 0. The number of carbonyl (C=O) groups excluding carboxylic acids is 5. The second-order valence-corrected chi connectivity index (χ2v) is 8.90. The maximum Gasteiger partial charge on any atom is 0.408 e. The molecule has 0 radical (unpaired) electrons. The summed E-state index contributed by atoms with van der Waals surface area (Å²) < 4.78 is 5.00. The first-order chi connectivity index (χ1) is 16.2. The molecule has 0 rings (SSSR count). The van der Waals surface area contributed by atoms with Crippen LogP contribution >= 0.6 is 0 Å². The number of urea groups is 1. The van der Waals surface area contributed by atoms with Crippen LogP contribution in [0.25, 0.3) is 0 Å². The molecule has 6 amide bonds. The molecular formula is C21H38N6O8. The van der Waals surface area contributed by atoms with Crippen LogP contribution in [0.1, 0.15) is 53.9 Å². The number of carboxylic acids is 1. The number of ether oxygens (including phenoxy) is 1. The smallest absolute Gasteiger partial charge is 0.408 e. The zero-order valence-corrected chi connectivity index (χ0v) is 20.9. The Balaban J connectivity index is 4.80. The minimum atomic E-state index is -1.27. The van der Waals surface area contributed by atoms with E-state index in [1.165, 1.54) is 0 Å². The molecule has 0 bridgehead atoms. The van der Waals surface area contributed by atoms with Crippen molar-refractivity contribution >= 4 is 35.8 Å². The monoisotopic (exact) mass is 502 g/mol. The number of amides is 6. The molecule has 0 unspecified atom stereocenters. The van der Waals surface area contributed by atoms with Gasteiger partial charge < -0.3 is 42.2 Å². The van der Waals surface area contributed by atoms with Crippen molar-refractivity contribution in [1.29, 1.82) is 0 Å². The van der Waals surface area contributed by atoms with E-state index in [0.717, 1.165) is 0 Å². The van der Waals surface area contributed by atoms with E-state index in [2.05, 4.69) is 26.6 Å². The van der Waals surface area contributed by atoms with Crippen molar-refractivity contribution in [3.8, 4) is 0 Å². The second-order valence-electron chi connectivity index (χ2n) is 8.90. The largest absolute Gasteiger partial charge is 0.480 e. The maximum absolute atomic E-state index is 12.7. The van der Waals surface area contributed by atoms with E-state index in [0.29, 0.717) is 6.42 Å². The van der Waals surface area contributed by atoms with Gasteiger partial charge in [0.2, 0.25) is 17.7 Å². The third kappa shape index (κ3) is 15.0. The molecular weight excluding hydrogens is 464 g/mol. The maximum atomic E-state index is 12.7. The van der Waals surface area contributed by atoms with E-state index in [9.17, 15) is 33.9 Å². The number of hydrogen-bond acceptors (Lipinski definition) is 7. The van der Waals surface area contributed by atoms with Crippen molar-refractivity contribution in [2.75, 3.05) is 19.6 Å². The Hall–Kier alpha value is -3.58. The molecule has 0 aliphatic rings. The van der Waals surface area contributed by atoms with E-state index in [1.807, 2.05) is 0 Å². The number of carbonyl (C=O) groups is 6. The van der Waals surface area contributed by atoms with E-state index in [1.54, 1.807) is 34.6 Å². The Morgan fingerprint density at radius 3 is 2.06 bits per heavy atom. The van der Waals surface area contributed by atoms with Crippen LogP contribution in [-0.4, -0.2) is 78.2 Å². The molecule has 200 valence electrons. The highest BCUT2D eigenvalue weighted by molar-refractivity contribution is 5.92. The fourth-order valence-electron chi connectivity index (χ4n) is 2.67. The minimum absolute atomic E-state index is 0.0310. The van der Waals surface area contributed by atoms with Gasteiger partial charge in [-0.1, -0.05) is 20.3 Å². The van der Waals surface area contributed by atoms with Crippen LogP contribution in [-0.2, 0) is 23.9 Å². The highest BCUT2D eigenvalue weighted by Crippen LogP contribution is 2.09. The Morgan fingerprint density at radius 1 is 0.943 bits per heavy atom. The standard InChI is InChI=1S/C21H38N6O8/c1-6-12(2)16(17(30)26-13(18(31)32)8-7-9-23-19(22)33)27-15(29)11-24-14(28)10-25-20(34)35-21(3,4)5/h12-13,16H,6-11H2,1-5H3,(H,24,28)(H,25,34)(H,26,30)(H,27,29)(H,31,32)(H3,22,23,33)/t12-,13-,16-/m0/s1. The molecule has 35 heavy (non-hydrogen) atoms. The van der Waals surface area contributed by atoms with Gasteiger partial charge in [-0.25, -0.2) is 14.4 Å². The van der Waals surface area contributed by atoms with E-state index >= 15 is 0 Å². The number of primary amides is 1. The van der Waals surface area contributed by atoms with Gasteiger partial charge in [0.25, 0.3) is 0 Å². The summed E-state index contributed by atoms with van der Waals surface area (Å²) >= 11 is 0. The van der Waals surface area contributed by atoms with Gasteiger partial charge in [-0.15, -0.1) is 0 Å². The first kappa shape index (κ1) is 31.4. The quantitative estimate of drug-likeness (QED) is 0.148. The third-order valence-corrected chi connectivity index (χ3v) is 4.63. The van der Waals surface area contributed by atoms with Gasteiger partial charge in [0, 0.05) is 6.54 Å². The topological polar surface area (TPSA) is 218 Å². The molecule has 0 spiro atoms. The molecule has 0 aromatic carbocycles. The second kappa shape index (κ2) is 15.3. The molecule has 0 aliphatic heterocycles. The number of alkyl carbamates (subject to hydrolysis) is 1. The number of hydrogen-bond donors (Lipinski definition) is 7. The molecule has 0 aromatic heterocycles. The van der Waals surface area contributed by atoms with Crippen LogP contribution in [0.3, 0.4) is 0 Å². The third-order valence-electron chi connectivity index (χ3n) is 4.63. The van der Waals surface area contributed by atoms with Gasteiger partial charge >= 0.3 is 18.1 Å². The SMILES string of the molecule is CC[C@H](C)[C@H](NC(=O)CNC(=O)CNC(=O)OC(C)(C)C)C(=O)N[C@@H](CCCNC(N)=O)C(=O)O. The van der Waals surface area contributed by atoms with Crippen molar-refractivity contribution in [1.82, 2.24) is 26.6 Å². The first-order valence-electron chi connectivity index (χ1n) is 11.3. The zero-order valence-electron chi connectivity index (χ0n) is 20.9. The van der Waals surface area contributed by atoms with E-state index < -0.39 is 66.6 Å². The Kier molecular flexibility index (Phi) is 13.8. The average Bonchev–Trinajstić information content (AvgIpc) is 2.74. The Morgan fingerprint density at radius 2 is 1.54 bits per heavy atom. The lowest BCUT2D eigenvalue weighted by Crippen LogP contribution is -2.55. The lowest BCUT2D eigenvalue weighted by Gasteiger charge is -2.25. The minimum Gasteiger partial charge on any atom is -0.480 e. The van der Waals surface area contributed by atoms with Crippen molar-refractivity contribution in [2.45, 2.75) is 71.6 Å². The fourth-order valence-corrected chi connectivity index (χ4v) is 2.67. The highest BCUT2D eigenvalue weighted by atomic mass is 16.6. The molecule has 14 nitrogen and oxygen atoms in total. The first-order valence-corrected chi connectivity index (χ1v) is 11.3. The van der Waals surface area contributed by atoms with Gasteiger partial charge in [-0.3, -0.25) is 14.4 Å². The molecule has 0 aliphatic carbocycles. The molecule has 0 saturated carbocycles. The summed E-state index contributed by atoms with van der Waals surface area (Å²) in [5.41, 5.74) is 4.22. The van der Waals surface area contributed by atoms with Gasteiger partial charge in [-0.05, 0) is 39.5 Å². The highest BCUT2D eigenvalue weighted by Gasteiger charge is 2.29. The number of nitrogens with one attached hydrogen (secondary N) is 5. The lowest BCUT2D eigenvalue weighted by molar-refractivity contribution is -0.142. The van der Waals surface area contributed by atoms with Gasteiger partial charge in [-0.2, -0.15) is 0 Å². The molecule has 3 atom stereocenters. The van der Waals surface area contributed by atoms with Crippen LogP contribution in [0.2, 0.25) is 0 Å². The predicted octanol–water partition coefficient (Wildman–Crippen LogP) is -0.824. The van der Waals surface area contributed by atoms with Crippen molar-refractivity contribution < 1.29 is 38.6 Å². The predicted molar refractivity (Wildman–Crippen MR) is 125 cm³/mol. The van der Waals surface area contributed by atoms with Gasteiger partial charge in [0.15, 0.2) is 0 Å². The molecule has 0 fully saturated rings. The summed E-state index contributed by atoms with van der Waals surface area (Å²) in [6, 6.07) is -3.03. The van der Waals surface area contributed by atoms with Crippen LogP contribution in [0.4, 0.5) is 9.59 Å². The molecule has 0 aromatic rings. The normalized spacial score (nSPS) is 13.4. The Bertz CT molecular complexity index is 767. The van der Waals surface area contributed by atoms with Crippen molar-refractivity contribution in [3.05, 3.63) is 0 Å². The molecule has 14 heteroatoms. The molecule has 0 saturated heterocycles. The zero-order chi connectivity index (χ0) is 27.2. The molecule has 0 heterocycles.